The molecule has 0 aromatic heterocycles. The summed E-state index contributed by atoms with van der Waals surface area (Å²) >= 11 is 0. The highest BCUT2D eigenvalue weighted by atomic mass is 19.1. The molecule has 0 aliphatic rings. The van der Waals surface area contributed by atoms with Crippen molar-refractivity contribution >= 4 is 11.6 Å². The van der Waals surface area contributed by atoms with E-state index in [-0.39, 0.29) is 5.56 Å². The van der Waals surface area contributed by atoms with Crippen LogP contribution < -0.4 is 11.1 Å². The number of hydrogen-bond acceptors (Lipinski definition) is 2. The summed E-state index contributed by atoms with van der Waals surface area (Å²) in [6, 6.07) is 1.69. The lowest BCUT2D eigenvalue weighted by Gasteiger charge is -2.13. The average molecular weight is 256 g/mol. The summed E-state index contributed by atoms with van der Waals surface area (Å²) in [5.41, 5.74) is 5.48. The van der Waals surface area contributed by atoms with E-state index < -0.39 is 29.3 Å². The predicted octanol–water partition coefficient (Wildman–Crippen LogP) is 2.73. The summed E-state index contributed by atoms with van der Waals surface area (Å²) < 4.78 is 27.1. The smallest absolute Gasteiger partial charge is 0.241 e. The minimum Gasteiger partial charge on any atom is -0.320 e. The number of halogens is 2. The van der Waals surface area contributed by atoms with E-state index in [1.54, 1.807) is 0 Å². The van der Waals surface area contributed by atoms with Crippen LogP contribution in [0.2, 0.25) is 0 Å². The molecule has 0 saturated heterocycles. The molecule has 5 heteroatoms. The van der Waals surface area contributed by atoms with Gasteiger partial charge in [-0.25, -0.2) is 8.78 Å². The van der Waals surface area contributed by atoms with E-state index in [0.29, 0.717) is 6.42 Å². The summed E-state index contributed by atoms with van der Waals surface area (Å²) in [5, 5.41) is 2.21. The molecule has 0 saturated carbocycles. The maximum absolute atomic E-state index is 13.6. The number of hydrogen-bond donors (Lipinski definition) is 2. The van der Waals surface area contributed by atoms with E-state index in [1.165, 1.54) is 13.0 Å². The first-order chi connectivity index (χ1) is 8.47. The van der Waals surface area contributed by atoms with Gasteiger partial charge >= 0.3 is 0 Å². The lowest BCUT2D eigenvalue weighted by Crippen LogP contribution is -2.36. The van der Waals surface area contributed by atoms with Crippen LogP contribution in [0.1, 0.15) is 31.7 Å². The highest BCUT2D eigenvalue weighted by Crippen LogP contribution is 2.21. The van der Waals surface area contributed by atoms with Crippen molar-refractivity contribution in [2.24, 2.45) is 5.73 Å². The van der Waals surface area contributed by atoms with E-state index in [4.69, 9.17) is 5.73 Å². The number of carbonyl (C=O) groups is 1. The van der Waals surface area contributed by atoms with Gasteiger partial charge in [-0.1, -0.05) is 25.8 Å². The van der Waals surface area contributed by atoms with E-state index in [9.17, 15) is 13.6 Å². The summed E-state index contributed by atoms with van der Waals surface area (Å²) in [5.74, 6) is -2.12. The third-order valence-corrected chi connectivity index (χ3v) is 2.74. The largest absolute Gasteiger partial charge is 0.320 e. The fourth-order valence-electron chi connectivity index (χ4n) is 1.54. The molecule has 1 atom stereocenters. The van der Waals surface area contributed by atoms with E-state index in [1.807, 2.05) is 6.92 Å². The summed E-state index contributed by atoms with van der Waals surface area (Å²) in [6.07, 6.45) is 2.21. The van der Waals surface area contributed by atoms with Crippen molar-refractivity contribution in [1.82, 2.24) is 0 Å². The van der Waals surface area contributed by atoms with Gasteiger partial charge in [0.25, 0.3) is 0 Å². The molecule has 0 aliphatic carbocycles. The molecule has 0 bridgehead atoms. The Morgan fingerprint density at radius 2 is 2.11 bits per heavy atom. The number of nitrogens with two attached hydrogens (primary N) is 1. The monoisotopic (exact) mass is 256 g/mol. The molecule has 1 amide bonds. The SMILES string of the molecule is CCCCC(N)C(=O)Nc1c(F)ccc(C)c1F. The molecule has 0 fully saturated rings. The standard InChI is InChI=1S/C13H18F2N2O/c1-3-4-5-10(16)13(18)17-12-9(14)7-6-8(2)11(12)15/h6-7,10H,3-5,16H2,1-2H3,(H,17,18). The first-order valence-corrected chi connectivity index (χ1v) is 5.98. The van der Waals surface area contributed by atoms with Crippen molar-refractivity contribution in [3.8, 4) is 0 Å². The second-order valence-corrected chi connectivity index (χ2v) is 4.29. The minimum atomic E-state index is -0.797. The molecule has 1 aromatic carbocycles. The Labute approximate surface area is 105 Å². The molecule has 0 radical (unpaired) electrons. The molecular formula is C13H18F2N2O. The third kappa shape index (κ3) is 3.50. The van der Waals surface area contributed by atoms with Crippen LogP contribution in [0.3, 0.4) is 0 Å². The Morgan fingerprint density at radius 1 is 1.44 bits per heavy atom. The van der Waals surface area contributed by atoms with Crippen LogP contribution in [0.25, 0.3) is 0 Å². The molecule has 1 unspecified atom stereocenters. The molecule has 18 heavy (non-hydrogen) atoms. The van der Waals surface area contributed by atoms with E-state index in [0.717, 1.165) is 18.9 Å². The highest BCUT2D eigenvalue weighted by Gasteiger charge is 2.18. The quantitative estimate of drug-likeness (QED) is 0.851. The summed E-state index contributed by atoms with van der Waals surface area (Å²) in [7, 11) is 0. The fourth-order valence-corrected chi connectivity index (χ4v) is 1.54. The van der Waals surface area contributed by atoms with Crippen LogP contribution in [0.4, 0.5) is 14.5 Å². The van der Waals surface area contributed by atoms with Gasteiger partial charge < -0.3 is 11.1 Å². The Bertz CT molecular complexity index is 435. The summed E-state index contributed by atoms with van der Waals surface area (Å²) in [6.45, 7) is 3.48. The van der Waals surface area contributed by atoms with Crippen molar-refractivity contribution in [2.45, 2.75) is 39.2 Å². The van der Waals surface area contributed by atoms with Gasteiger partial charge in [-0.2, -0.15) is 0 Å². The number of amides is 1. The number of carbonyl (C=O) groups excluding carboxylic acids is 1. The van der Waals surface area contributed by atoms with Crippen LogP contribution in [-0.2, 0) is 4.79 Å². The molecular weight excluding hydrogens is 238 g/mol. The molecule has 3 N–H and O–H groups in total. The van der Waals surface area contributed by atoms with Crippen molar-refractivity contribution < 1.29 is 13.6 Å². The normalized spacial score (nSPS) is 12.3. The maximum Gasteiger partial charge on any atom is 0.241 e. The molecule has 100 valence electrons. The van der Waals surface area contributed by atoms with E-state index in [2.05, 4.69) is 5.32 Å². The number of anilines is 1. The van der Waals surface area contributed by atoms with Crippen LogP contribution in [-0.4, -0.2) is 11.9 Å². The highest BCUT2D eigenvalue weighted by molar-refractivity contribution is 5.94. The number of unbranched alkanes of at least 4 members (excludes halogenated alkanes) is 1. The minimum absolute atomic E-state index is 0.272. The number of benzene rings is 1. The van der Waals surface area contributed by atoms with Gasteiger partial charge in [0, 0.05) is 0 Å². The van der Waals surface area contributed by atoms with Gasteiger partial charge in [-0.05, 0) is 25.0 Å². The lowest BCUT2D eigenvalue weighted by atomic mass is 10.1. The zero-order valence-electron chi connectivity index (χ0n) is 10.6. The Hall–Kier alpha value is -1.49. The van der Waals surface area contributed by atoms with Gasteiger partial charge in [0.15, 0.2) is 5.82 Å². The van der Waals surface area contributed by atoms with Gasteiger partial charge in [0.1, 0.15) is 11.5 Å². The van der Waals surface area contributed by atoms with Crippen molar-refractivity contribution in [3.63, 3.8) is 0 Å². The van der Waals surface area contributed by atoms with Gasteiger partial charge in [0.2, 0.25) is 5.91 Å². The first kappa shape index (κ1) is 14.6. The number of rotatable bonds is 5. The van der Waals surface area contributed by atoms with Crippen LogP contribution in [0.15, 0.2) is 12.1 Å². The first-order valence-electron chi connectivity index (χ1n) is 5.98. The zero-order valence-corrected chi connectivity index (χ0v) is 10.6. The molecule has 0 spiro atoms. The predicted molar refractivity (Wildman–Crippen MR) is 67.2 cm³/mol. The Kier molecular flexibility index (Phi) is 5.22. The van der Waals surface area contributed by atoms with Crippen molar-refractivity contribution in [1.29, 1.82) is 0 Å². The number of nitrogens with one attached hydrogen (secondary N) is 1. The van der Waals surface area contributed by atoms with Crippen LogP contribution >= 0.6 is 0 Å². The second kappa shape index (κ2) is 6.44. The zero-order chi connectivity index (χ0) is 13.7. The topological polar surface area (TPSA) is 55.1 Å². The third-order valence-electron chi connectivity index (χ3n) is 2.74. The fraction of sp³-hybridized carbons (Fsp3) is 0.462. The van der Waals surface area contributed by atoms with Crippen molar-refractivity contribution in [3.05, 3.63) is 29.3 Å². The summed E-state index contributed by atoms with van der Waals surface area (Å²) in [4.78, 5) is 11.7. The second-order valence-electron chi connectivity index (χ2n) is 4.29. The Balaban J connectivity index is 2.79. The molecule has 3 nitrogen and oxygen atoms in total. The lowest BCUT2D eigenvalue weighted by molar-refractivity contribution is -0.117. The molecule has 1 rings (SSSR count). The molecule has 0 aliphatic heterocycles. The van der Waals surface area contributed by atoms with E-state index >= 15 is 0 Å². The molecule has 1 aromatic rings. The van der Waals surface area contributed by atoms with Gasteiger partial charge in [-0.15, -0.1) is 0 Å². The van der Waals surface area contributed by atoms with Crippen molar-refractivity contribution in [2.75, 3.05) is 5.32 Å². The van der Waals surface area contributed by atoms with Gasteiger partial charge in [0.05, 0.1) is 6.04 Å². The maximum atomic E-state index is 13.6. The van der Waals surface area contributed by atoms with Crippen LogP contribution in [0, 0.1) is 18.6 Å². The number of aryl methyl sites for hydroxylation is 1. The Morgan fingerprint density at radius 3 is 2.72 bits per heavy atom. The van der Waals surface area contributed by atoms with Gasteiger partial charge in [-0.3, -0.25) is 4.79 Å². The van der Waals surface area contributed by atoms with Crippen LogP contribution in [0.5, 0.6) is 0 Å². The molecule has 0 heterocycles. The average Bonchev–Trinajstić information content (AvgIpc) is 2.36.